The molecule has 1 heterocycles. The van der Waals surface area contributed by atoms with Crippen molar-refractivity contribution in [3.05, 3.63) is 58.1 Å². The van der Waals surface area contributed by atoms with Gasteiger partial charge in [-0.3, -0.25) is 0 Å². The van der Waals surface area contributed by atoms with Gasteiger partial charge in [0.1, 0.15) is 5.60 Å². The van der Waals surface area contributed by atoms with Crippen LogP contribution >= 0.6 is 11.6 Å². The van der Waals surface area contributed by atoms with Gasteiger partial charge in [0.2, 0.25) is 0 Å². The third kappa shape index (κ3) is 7.32. The van der Waals surface area contributed by atoms with E-state index in [0.29, 0.717) is 17.1 Å². The highest BCUT2D eigenvalue weighted by Gasteiger charge is 2.47. The fraction of sp³-hybridized carbons (Fsp3) is 0.517. The number of carboxylic acid groups (broad SMARTS) is 1. The van der Waals surface area contributed by atoms with Crippen LogP contribution in [0.25, 0.3) is 0 Å². The Morgan fingerprint density at radius 1 is 1.13 bits per heavy atom. The summed E-state index contributed by atoms with van der Waals surface area (Å²) in [5, 5.41) is 12.5. The van der Waals surface area contributed by atoms with Crippen LogP contribution in [-0.2, 0) is 4.74 Å². The number of rotatable bonds is 4. The number of carbonyl (C=O) groups excluding carboxylic acids is 1. The molecule has 1 amide bonds. The van der Waals surface area contributed by atoms with Crippen LogP contribution in [0.15, 0.2) is 36.4 Å². The minimum atomic E-state index is -1.06. The number of nitrogens with two attached hydrogens (primary N) is 1. The fourth-order valence-corrected chi connectivity index (χ4v) is 4.96. The topological polar surface area (TPSA) is 120 Å². The van der Waals surface area contributed by atoms with Crippen molar-refractivity contribution in [1.29, 1.82) is 0 Å². The van der Waals surface area contributed by atoms with Crippen LogP contribution in [0.3, 0.4) is 0 Å². The lowest BCUT2D eigenvalue weighted by molar-refractivity contribution is -0.121. The quantitative estimate of drug-likeness (QED) is 0.394. The molecule has 0 radical (unpaired) electrons. The first-order chi connectivity index (χ1) is 17.7. The molecule has 0 spiro atoms. The van der Waals surface area contributed by atoms with E-state index in [1.807, 2.05) is 65.0 Å². The van der Waals surface area contributed by atoms with Gasteiger partial charge in [-0.25, -0.2) is 9.59 Å². The van der Waals surface area contributed by atoms with Gasteiger partial charge in [0.15, 0.2) is 11.5 Å². The van der Waals surface area contributed by atoms with E-state index in [1.165, 1.54) is 11.6 Å². The molecule has 8 nitrogen and oxygen atoms in total. The largest absolute Gasteiger partial charge is 0.478 e. The molecule has 1 aliphatic heterocycles. The predicted molar refractivity (Wildman–Crippen MR) is 147 cm³/mol. The number of aromatic carboxylic acids is 1. The molecule has 38 heavy (non-hydrogen) atoms. The van der Waals surface area contributed by atoms with Crippen molar-refractivity contribution < 1.29 is 28.9 Å². The van der Waals surface area contributed by atoms with Crippen molar-refractivity contribution in [2.75, 3.05) is 0 Å². The highest BCUT2D eigenvalue weighted by molar-refractivity contribution is 6.32. The van der Waals surface area contributed by atoms with Crippen LogP contribution in [0.1, 0.15) is 87.8 Å². The minimum Gasteiger partial charge on any atom is -0.478 e. The first-order valence-electron chi connectivity index (χ1n) is 12.9. The Hall–Kier alpha value is -2.97. The van der Waals surface area contributed by atoms with E-state index in [4.69, 9.17) is 31.5 Å². The van der Waals surface area contributed by atoms with Gasteiger partial charge in [-0.1, -0.05) is 41.9 Å². The van der Waals surface area contributed by atoms with Crippen molar-refractivity contribution in [2.45, 2.75) is 90.7 Å². The summed E-state index contributed by atoms with van der Waals surface area (Å²) < 4.78 is 17.6. The predicted octanol–water partition coefficient (Wildman–Crippen LogP) is 6.62. The number of nitrogens with one attached hydrogen (secondary N) is 1. The molecular weight excluding hydrogens is 508 g/mol. The molecule has 1 saturated carbocycles. The summed E-state index contributed by atoms with van der Waals surface area (Å²) in [5.41, 5.74) is 6.88. The van der Waals surface area contributed by atoms with Gasteiger partial charge in [-0.2, -0.15) is 0 Å². The van der Waals surface area contributed by atoms with Crippen molar-refractivity contribution >= 4 is 23.7 Å². The first kappa shape index (κ1) is 29.6. The van der Waals surface area contributed by atoms with Gasteiger partial charge in [0.05, 0.1) is 10.6 Å². The van der Waals surface area contributed by atoms with Crippen molar-refractivity contribution in [3.63, 3.8) is 0 Å². The Balaban J connectivity index is 0.000000375. The molecule has 0 bridgehead atoms. The molecule has 4 rings (SSSR count). The van der Waals surface area contributed by atoms with E-state index in [9.17, 15) is 14.7 Å². The molecule has 0 aromatic heterocycles. The maximum Gasteiger partial charge on any atom is 0.407 e. The van der Waals surface area contributed by atoms with E-state index in [2.05, 4.69) is 5.32 Å². The summed E-state index contributed by atoms with van der Waals surface area (Å²) in [4.78, 5) is 23.4. The number of alkyl carbamates (subject to hydrolysis) is 1. The third-order valence-corrected chi connectivity index (χ3v) is 7.07. The number of amides is 1. The summed E-state index contributed by atoms with van der Waals surface area (Å²) in [5.74, 6) is -1.12. The zero-order chi connectivity index (χ0) is 28.3. The second-order valence-electron chi connectivity index (χ2n) is 11.1. The molecular formula is C29H39ClN2O6. The minimum absolute atomic E-state index is 0.0393. The Morgan fingerprint density at radius 3 is 2.21 bits per heavy atom. The van der Waals surface area contributed by atoms with E-state index < -0.39 is 23.5 Å². The average molecular weight is 547 g/mol. The Labute approximate surface area is 229 Å². The molecule has 4 N–H and O–H groups in total. The van der Waals surface area contributed by atoms with Gasteiger partial charge in [-0.05, 0) is 71.9 Å². The van der Waals surface area contributed by atoms with E-state index >= 15 is 0 Å². The van der Waals surface area contributed by atoms with Crippen LogP contribution in [-0.4, -0.2) is 34.6 Å². The molecule has 1 fully saturated rings. The third-order valence-electron chi connectivity index (χ3n) is 6.79. The molecule has 9 heteroatoms. The zero-order valence-electron chi connectivity index (χ0n) is 23.0. The molecule has 2 aromatic rings. The smallest absolute Gasteiger partial charge is 0.407 e. The van der Waals surface area contributed by atoms with Crippen LogP contribution in [0, 0.1) is 12.8 Å². The van der Waals surface area contributed by atoms with Gasteiger partial charge in [-0.15, -0.1) is 0 Å². The second kappa shape index (κ2) is 11.8. The molecule has 0 saturated heterocycles. The molecule has 2 aromatic carbocycles. The maximum atomic E-state index is 12.0. The number of ether oxygens (including phenoxy) is 3. The standard InChI is InChI=1S/C21H28ClNO6.C8H11N/c1-11-14(18(24)25)10-15(22)17-16(11)27-21(5,28-17)12-6-8-13(9-7-12)23-19(26)29-20(2,3)4;1-7(9)8-5-3-2-4-6-8/h10,12-13H,6-9H2,1-5H3,(H,23,26)(H,24,25);2-7H,9H2,1H3/t12?,13?,21-;7-/m10/s1. The number of halogens is 1. The Morgan fingerprint density at radius 2 is 1.71 bits per heavy atom. The number of carbonyl (C=O) groups is 2. The van der Waals surface area contributed by atoms with Crippen LogP contribution < -0.4 is 20.5 Å². The number of fused-ring (bicyclic) bond motifs is 1. The van der Waals surface area contributed by atoms with Gasteiger partial charge < -0.3 is 30.4 Å². The summed E-state index contributed by atoms with van der Waals surface area (Å²) in [6.45, 7) is 11.0. The molecule has 208 valence electrons. The monoisotopic (exact) mass is 546 g/mol. The van der Waals surface area contributed by atoms with Crippen LogP contribution in [0.2, 0.25) is 5.02 Å². The lowest BCUT2D eigenvalue weighted by atomic mass is 9.81. The van der Waals surface area contributed by atoms with Crippen molar-refractivity contribution in [1.82, 2.24) is 5.32 Å². The van der Waals surface area contributed by atoms with Gasteiger partial charge in [0, 0.05) is 30.5 Å². The van der Waals surface area contributed by atoms with Gasteiger partial charge in [0.25, 0.3) is 5.79 Å². The lowest BCUT2D eigenvalue weighted by Crippen LogP contribution is -2.48. The van der Waals surface area contributed by atoms with E-state index in [1.54, 1.807) is 6.92 Å². The highest BCUT2D eigenvalue weighted by atomic mass is 35.5. The lowest BCUT2D eigenvalue weighted by Gasteiger charge is -2.37. The fourth-order valence-electron chi connectivity index (χ4n) is 4.73. The van der Waals surface area contributed by atoms with Gasteiger partial charge >= 0.3 is 12.1 Å². The molecule has 2 atom stereocenters. The summed E-state index contributed by atoms with van der Waals surface area (Å²) >= 11 is 6.26. The van der Waals surface area contributed by atoms with E-state index in [0.717, 1.165) is 25.7 Å². The summed E-state index contributed by atoms with van der Waals surface area (Å²) in [6, 6.07) is 11.6. The summed E-state index contributed by atoms with van der Waals surface area (Å²) in [6.07, 6.45) is 2.71. The Kier molecular flexibility index (Phi) is 9.21. The number of hydrogen-bond donors (Lipinski definition) is 3. The van der Waals surface area contributed by atoms with E-state index in [-0.39, 0.29) is 28.6 Å². The number of benzene rings is 2. The van der Waals surface area contributed by atoms with Crippen LogP contribution in [0.5, 0.6) is 11.5 Å². The highest BCUT2D eigenvalue weighted by Crippen LogP contribution is 2.51. The van der Waals surface area contributed by atoms with Crippen molar-refractivity contribution in [2.24, 2.45) is 11.7 Å². The molecule has 0 unspecified atom stereocenters. The normalized spacial score (nSPS) is 23.1. The zero-order valence-corrected chi connectivity index (χ0v) is 23.7. The SMILES string of the molecule is C[C@H](N)c1ccccc1.Cc1c(C(=O)O)cc(Cl)c2c1O[C@@](C)(C1CCC(NC(=O)OC(C)(C)C)CC1)O2. The number of carboxylic acids is 1. The molecule has 2 aliphatic rings. The molecule has 1 aliphatic carbocycles. The summed E-state index contributed by atoms with van der Waals surface area (Å²) in [7, 11) is 0. The first-order valence-corrected chi connectivity index (χ1v) is 13.3. The van der Waals surface area contributed by atoms with Crippen LogP contribution in [0.4, 0.5) is 4.79 Å². The Bertz CT molecular complexity index is 1140. The number of hydrogen-bond acceptors (Lipinski definition) is 6. The van der Waals surface area contributed by atoms with Crippen molar-refractivity contribution in [3.8, 4) is 11.5 Å². The second-order valence-corrected chi connectivity index (χ2v) is 11.5. The maximum absolute atomic E-state index is 12.0. The average Bonchev–Trinajstić information content (AvgIpc) is 3.21.